The van der Waals surface area contributed by atoms with Crippen molar-refractivity contribution in [1.29, 1.82) is 5.26 Å². The van der Waals surface area contributed by atoms with Crippen molar-refractivity contribution < 1.29 is 9.59 Å². The molecule has 0 saturated carbocycles. The standard InChI is InChI=1S/C16H18N2O2Se/c1-15(2,3)18-13(19)11-7-5-6-8-12(11)16(4,14(18)20)9-21-10-17/h5-8H,9H2,1-4H3. The molecule has 1 aliphatic rings. The van der Waals surface area contributed by atoms with Gasteiger partial charge < -0.3 is 0 Å². The molecule has 1 aromatic carbocycles. The van der Waals surface area contributed by atoms with Gasteiger partial charge in [0.15, 0.2) is 0 Å². The van der Waals surface area contributed by atoms with Crippen molar-refractivity contribution in [3.05, 3.63) is 35.4 Å². The van der Waals surface area contributed by atoms with Crippen molar-refractivity contribution >= 4 is 26.8 Å². The minimum atomic E-state index is -0.798. The van der Waals surface area contributed by atoms with Gasteiger partial charge in [-0.2, -0.15) is 0 Å². The predicted molar refractivity (Wildman–Crippen MR) is 80.9 cm³/mol. The van der Waals surface area contributed by atoms with Gasteiger partial charge in [-0.3, -0.25) is 0 Å². The SMILES string of the molecule is CC1(C[Se]C#N)C(=O)N(C(C)(C)C)C(=O)c2ccccc21. The third kappa shape index (κ3) is 2.50. The van der Waals surface area contributed by atoms with Gasteiger partial charge in [-0.25, -0.2) is 0 Å². The Balaban J connectivity index is 2.65. The number of hydrogen-bond donors (Lipinski definition) is 0. The summed E-state index contributed by atoms with van der Waals surface area (Å²) >= 11 is -0.290. The monoisotopic (exact) mass is 350 g/mol. The molecular formula is C16H18N2O2Se. The number of hydrogen-bond acceptors (Lipinski definition) is 3. The van der Waals surface area contributed by atoms with Crippen molar-refractivity contribution in [1.82, 2.24) is 4.90 Å². The number of nitrogens with zero attached hydrogens (tertiary/aromatic N) is 2. The molecule has 2 amide bonds. The average molecular weight is 349 g/mol. The van der Waals surface area contributed by atoms with Crippen LogP contribution in [-0.4, -0.2) is 37.2 Å². The maximum absolute atomic E-state index is 13.0. The molecule has 1 atom stereocenters. The Labute approximate surface area is 131 Å². The molecule has 0 spiro atoms. The molecule has 1 unspecified atom stereocenters. The fourth-order valence-corrected chi connectivity index (χ4v) is 3.98. The second-order valence-corrected chi connectivity index (χ2v) is 7.97. The normalized spacial score (nSPS) is 22.0. The van der Waals surface area contributed by atoms with Gasteiger partial charge in [0.2, 0.25) is 0 Å². The summed E-state index contributed by atoms with van der Waals surface area (Å²) in [6.45, 7) is 7.41. The quantitative estimate of drug-likeness (QED) is 0.608. The van der Waals surface area contributed by atoms with Gasteiger partial charge in [0.25, 0.3) is 0 Å². The number of imide groups is 1. The number of rotatable bonds is 2. The van der Waals surface area contributed by atoms with Crippen molar-refractivity contribution in [2.75, 3.05) is 0 Å². The van der Waals surface area contributed by atoms with Gasteiger partial charge in [0.05, 0.1) is 0 Å². The Kier molecular flexibility index (Phi) is 3.97. The average Bonchev–Trinajstić information content (AvgIpc) is 2.42. The molecule has 1 aliphatic heterocycles. The predicted octanol–water partition coefficient (Wildman–Crippen LogP) is 2.33. The van der Waals surface area contributed by atoms with Crippen molar-refractivity contribution in [2.45, 2.75) is 44.0 Å². The van der Waals surface area contributed by atoms with E-state index in [1.165, 1.54) is 4.90 Å². The molecule has 0 fully saturated rings. The summed E-state index contributed by atoms with van der Waals surface area (Å²) in [5, 5.41) is 9.39. The van der Waals surface area contributed by atoms with Crippen LogP contribution in [0.5, 0.6) is 0 Å². The second kappa shape index (κ2) is 5.29. The number of carbonyl (C=O) groups is 2. The van der Waals surface area contributed by atoms with E-state index in [2.05, 4.69) is 4.97 Å². The molecule has 1 aromatic rings. The van der Waals surface area contributed by atoms with Crippen molar-refractivity contribution in [3.63, 3.8) is 0 Å². The summed E-state index contributed by atoms with van der Waals surface area (Å²) in [6, 6.07) is 7.24. The van der Waals surface area contributed by atoms with Gasteiger partial charge >= 0.3 is 131 Å². The molecule has 0 saturated heterocycles. The van der Waals surface area contributed by atoms with E-state index < -0.39 is 11.0 Å². The van der Waals surface area contributed by atoms with Crippen LogP contribution in [0.3, 0.4) is 0 Å². The molecule has 0 N–H and O–H groups in total. The summed E-state index contributed by atoms with van der Waals surface area (Å²) in [6.07, 6.45) is 0. The summed E-state index contributed by atoms with van der Waals surface area (Å²) in [5.41, 5.74) is -0.0586. The topological polar surface area (TPSA) is 61.2 Å². The van der Waals surface area contributed by atoms with Crippen LogP contribution in [0.1, 0.15) is 43.6 Å². The molecule has 2 rings (SSSR count). The number of benzene rings is 1. The van der Waals surface area contributed by atoms with E-state index in [0.29, 0.717) is 10.9 Å². The van der Waals surface area contributed by atoms with Gasteiger partial charge in [-0.05, 0) is 0 Å². The zero-order valence-electron chi connectivity index (χ0n) is 12.6. The first-order valence-electron chi connectivity index (χ1n) is 6.73. The molecular weight excluding hydrogens is 331 g/mol. The van der Waals surface area contributed by atoms with E-state index in [-0.39, 0.29) is 26.8 Å². The summed E-state index contributed by atoms with van der Waals surface area (Å²) in [5.74, 6) is -0.444. The molecule has 0 aliphatic carbocycles. The van der Waals surface area contributed by atoms with Crippen LogP contribution in [0.25, 0.3) is 0 Å². The van der Waals surface area contributed by atoms with Crippen LogP contribution in [0.4, 0.5) is 0 Å². The molecule has 0 radical (unpaired) electrons. The van der Waals surface area contributed by atoms with Crippen LogP contribution >= 0.6 is 0 Å². The Bertz CT molecular complexity index is 642. The van der Waals surface area contributed by atoms with E-state index in [4.69, 9.17) is 5.26 Å². The van der Waals surface area contributed by atoms with Crippen LogP contribution in [0.15, 0.2) is 24.3 Å². The van der Waals surface area contributed by atoms with Gasteiger partial charge in [-0.1, -0.05) is 0 Å². The number of fused-ring (bicyclic) bond motifs is 1. The van der Waals surface area contributed by atoms with Crippen LogP contribution in [-0.2, 0) is 10.2 Å². The van der Waals surface area contributed by atoms with Crippen molar-refractivity contribution in [3.8, 4) is 4.97 Å². The Morgan fingerprint density at radius 1 is 1.29 bits per heavy atom. The fourth-order valence-electron chi connectivity index (χ4n) is 2.65. The third-order valence-corrected chi connectivity index (χ3v) is 5.51. The Morgan fingerprint density at radius 3 is 2.48 bits per heavy atom. The molecule has 110 valence electrons. The van der Waals surface area contributed by atoms with E-state index in [0.717, 1.165) is 5.56 Å². The molecule has 0 aromatic heterocycles. The molecule has 4 nitrogen and oxygen atoms in total. The second-order valence-electron chi connectivity index (χ2n) is 6.37. The van der Waals surface area contributed by atoms with Crippen LogP contribution in [0.2, 0.25) is 5.32 Å². The van der Waals surface area contributed by atoms with Gasteiger partial charge in [0, 0.05) is 0 Å². The summed E-state index contributed by atoms with van der Waals surface area (Å²) in [7, 11) is 0. The first-order chi connectivity index (χ1) is 9.73. The molecule has 0 bridgehead atoms. The van der Waals surface area contributed by atoms with Crippen LogP contribution < -0.4 is 0 Å². The van der Waals surface area contributed by atoms with E-state index >= 15 is 0 Å². The van der Waals surface area contributed by atoms with Gasteiger partial charge in [0.1, 0.15) is 0 Å². The van der Waals surface area contributed by atoms with Crippen molar-refractivity contribution in [2.24, 2.45) is 0 Å². The van der Waals surface area contributed by atoms with Crippen LogP contribution in [0, 0.1) is 10.2 Å². The summed E-state index contributed by atoms with van der Waals surface area (Å²) < 4.78 is 0. The first kappa shape index (κ1) is 15.8. The summed E-state index contributed by atoms with van der Waals surface area (Å²) in [4.78, 5) is 29.2. The number of carbonyl (C=O) groups excluding carboxylic acids is 2. The minimum absolute atomic E-state index is 0.198. The first-order valence-corrected chi connectivity index (χ1v) is 8.79. The fraction of sp³-hybridized carbons (Fsp3) is 0.438. The third-order valence-electron chi connectivity index (χ3n) is 3.73. The Morgan fingerprint density at radius 2 is 1.90 bits per heavy atom. The number of nitriles is 1. The number of amides is 2. The zero-order chi connectivity index (χ0) is 15.8. The zero-order valence-corrected chi connectivity index (χ0v) is 14.3. The Hall–Kier alpha value is -1.63. The maximum atomic E-state index is 13.0. The van der Waals surface area contributed by atoms with E-state index in [9.17, 15) is 9.59 Å². The molecule has 1 heterocycles. The molecule has 5 heteroatoms. The molecule has 21 heavy (non-hydrogen) atoms. The van der Waals surface area contributed by atoms with E-state index in [1.807, 2.05) is 45.9 Å². The van der Waals surface area contributed by atoms with E-state index in [1.54, 1.807) is 6.07 Å². The van der Waals surface area contributed by atoms with Gasteiger partial charge in [-0.15, -0.1) is 0 Å².